The summed E-state index contributed by atoms with van der Waals surface area (Å²) in [6.45, 7) is 3.71. The minimum Gasteiger partial charge on any atom is -0.364 e. The Kier molecular flexibility index (Phi) is 4.57. The van der Waals surface area contributed by atoms with Crippen LogP contribution in [0.25, 0.3) is 10.2 Å². The predicted molar refractivity (Wildman–Crippen MR) is 92.9 cm³/mol. The highest BCUT2D eigenvalue weighted by molar-refractivity contribution is 7.17. The van der Waals surface area contributed by atoms with Gasteiger partial charge in [0.1, 0.15) is 10.6 Å². The molecule has 7 heteroatoms. The molecule has 3 heterocycles. The minimum atomic E-state index is 0.679. The fourth-order valence-electron chi connectivity index (χ4n) is 1.92. The van der Waals surface area contributed by atoms with Crippen molar-refractivity contribution >= 4 is 56.3 Å². The molecule has 21 heavy (non-hydrogen) atoms. The van der Waals surface area contributed by atoms with E-state index in [1.807, 2.05) is 23.6 Å². The zero-order chi connectivity index (χ0) is 14.7. The van der Waals surface area contributed by atoms with Crippen LogP contribution in [-0.2, 0) is 6.54 Å². The lowest BCUT2D eigenvalue weighted by atomic mass is 10.3. The molecule has 0 aliphatic heterocycles. The first-order valence-electron chi connectivity index (χ1n) is 6.73. The number of nitrogens with zero attached hydrogens (tertiary/aromatic N) is 2. The molecule has 0 spiro atoms. The topological polar surface area (TPSA) is 49.8 Å². The summed E-state index contributed by atoms with van der Waals surface area (Å²) in [5, 5.41) is 9.73. The summed E-state index contributed by atoms with van der Waals surface area (Å²) in [5.41, 5.74) is 0. The molecule has 3 aromatic heterocycles. The first-order valence-corrected chi connectivity index (χ1v) is 8.81. The number of halogens is 1. The fraction of sp³-hybridized carbons (Fsp3) is 0.286. The van der Waals surface area contributed by atoms with E-state index in [-0.39, 0.29) is 0 Å². The summed E-state index contributed by atoms with van der Waals surface area (Å²) < 4.78 is 0.806. The van der Waals surface area contributed by atoms with Gasteiger partial charge in [0, 0.05) is 11.4 Å². The molecule has 0 unspecified atom stereocenters. The van der Waals surface area contributed by atoms with Gasteiger partial charge < -0.3 is 10.6 Å². The molecule has 0 radical (unpaired) electrons. The predicted octanol–water partition coefficient (Wildman–Crippen LogP) is 4.84. The van der Waals surface area contributed by atoms with Crippen LogP contribution in [0.1, 0.15) is 18.2 Å². The van der Waals surface area contributed by atoms with Gasteiger partial charge in [-0.2, -0.15) is 4.98 Å². The van der Waals surface area contributed by atoms with E-state index in [9.17, 15) is 0 Å². The smallest absolute Gasteiger partial charge is 0.226 e. The molecule has 4 nitrogen and oxygen atoms in total. The summed E-state index contributed by atoms with van der Waals surface area (Å²) >= 11 is 9.16. The SMILES string of the molecule is CCCNc1nc(NCc2ccc(Cl)s2)c2ccsc2n1. The van der Waals surface area contributed by atoms with Crippen molar-refractivity contribution in [1.29, 1.82) is 0 Å². The zero-order valence-electron chi connectivity index (χ0n) is 11.5. The minimum absolute atomic E-state index is 0.679. The molecule has 0 bridgehead atoms. The Morgan fingerprint density at radius 1 is 1.19 bits per heavy atom. The average molecular weight is 339 g/mol. The second kappa shape index (κ2) is 6.60. The number of hydrogen-bond donors (Lipinski definition) is 2. The molecular formula is C14H15ClN4S2. The van der Waals surface area contributed by atoms with Crippen LogP contribution < -0.4 is 10.6 Å². The van der Waals surface area contributed by atoms with Crippen LogP contribution in [0.4, 0.5) is 11.8 Å². The second-order valence-corrected chi connectivity index (χ2v) is 7.22. The molecule has 0 atom stereocenters. The van der Waals surface area contributed by atoms with Crippen molar-refractivity contribution in [2.75, 3.05) is 17.2 Å². The van der Waals surface area contributed by atoms with Gasteiger partial charge in [0.05, 0.1) is 16.3 Å². The van der Waals surface area contributed by atoms with E-state index < -0.39 is 0 Å². The van der Waals surface area contributed by atoms with Crippen molar-refractivity contribution in [1.82, 2.24) is 9.97 Å². The van der Waals surface area contributed by atoms with Gasteiger partial charge in [-0.05, 0) is 30.0 Å². The van der Waals surface area contributed by atoms with Gasteiger partial charge >= 0.3 is 0 Å². The van der Waals surface area contributed by atoms with Gasteiger partial charge in [0.25, 0.3) is 0 Å². The molecule has 0 amide bonds. The van der Waals surface area contributed by atoms with Crippen molar-refractivity contribution in [2.45, 2.75) is 19.9 Å². The van der Waals surface area contributed by atoms with Gasteiger partial charge in [-0.25, -0.2) is 4.98 Å². The number of rotatable bonds is 6. The maximum Gasteiger partial charge on any atom is 0.226 e. The van der Waals surface area contributed by atoms with E-state index in [1.165, 1.54) is 4.88 Å². The molecule has 0 aliphatic carbocycles. The molecule has 2 N–H and O–H groups in total. The van der Waals surface area contributed by atoms with Gasteiger partial charge in [-0.1, -0.05) is 18.5 Å². The lowest BCUT2D eigenvalue weighted by Crippen LogP contribution is -2.07. The molecule has 0 saturated carbocycles. The second-order valence-electron chi connectivity index (χ2n) is 4.52. The number of nitrogens with one attached hydrogen (secondary N) is 2. The first kappa shape index (κ1) is 14.6. The monoisotopic (exact) mass is 338 g/mol. The van der Waals surface area contributed by atoms with Crippen molar-refractivity contribution in [2.24, 2.45) is 0 Å². The Hall–Kier alpha value is -1.37. The van der Waals surface area contributed by atoms with Crippen LogP contribution in [0, 0.1) is 0 Å². The van der Waals surface area contributed by atoms with Gasteiger partial charge in [0.2, 0.25) is 5.95 Å². The van der Waals surface area contributed by atoms with Gasteiger partial charge in [0.15, 0.2) is 0 Å². The summed E-state index contributed by atoms with van der Waals surface area (Å²) in [7, 11) is 0. The first-order chi connectivity index (χ1) is 10.3. The van der Waals surface area contributed by atoms with E-state index in [0.29, 0.717) is 12.5 Å². The Morgan fingerprint density at radius 3 is 2.86 bits per heavy atom. The van der Waals surface area contributed by atoms with E-state index in [1.54, 1.807) is 22.7 Å². The molecule has 0 aromatic carbocycles. The highest BCUT2D eigenvalue weighted by atomic mass is 35.5. The molecule has 110 valence electrons. The van der Waals surface area contributed by atoms with Crippen molar-refractivity contribution in [3.05, 3.63) is 32.8 Å². The van der Waals surface area contributed by atoms with Crippen LogP contribution >= 0.6 is 34.3 Å². The number of anilines is 2. The largest absolute Gasteiger partial charge is 0.364 e. The zero-order valence-corrected chi connectivity index (χ0v) is 13.9. The van der Waals surface area contributed by atoms with E-state index in [4.69, 9.17) is 11.6 Å². The fourth-order valence-corrected chi connectivity index (χ4v) is 3.71. The number of hydrogen-bond acceptors (Lipinski definition) is 6. The highest BCUT2D eigenvalue weighted by Gasteiger charge is 2.09. The standard InChI is InChI=1S/C14H15ClN4S2/c1-2-6-16-14-18-12(10-5-7-20-13(10)19-14)17-8-9-3-4-11(15)21-9/h3-5,7H,2,6,8H2,1H3,(H2,16,17,18,19). The van der Waals surface area contributed by atoms with E-state index in [2.05, 4.69) is 27.5 Å². The lowest BCUT2D eigenvalue weighted by Gasteiger charge is -2.09. The Balaban J connectivity index is 1.83. The van der Waals surface area contributed by atoms with Crippen molar-refractivity contribution in [3.8, 4) is 0 Å². The molecule has 3 rings (SSSR count). The molecule has 3 aromatic rings. The third-order valence-electron chi connectivity index (χ3n) is 2.92. The lowest BCUT2D eigenvalue weighted by molar-refractivity contribution is 0.956. The maximum atomic E-state index is 5.96. The van der Waals surface area contributed by atoms with E-state index >= 15 is 0 Å². The number of fused-ring (bicyclic) bond motifs is 1. The highest BCUT2D eigenvalue weighted by Crippen LogP contribution is 2.28. The Morgan fingerprint density at radius 2 is 2.10 bits per heavy atom. The van der Waals surface area contributed by atoms with Crippen LogP contribution in [0.2, 0.25) is 4.34 Å². The van der Waals surface area contributed by atoms with Crippen LogP contribution in [-0.4, -0.2) is 16.5 Å². The maximum absolute atomic E-state index is 5.96. The Bertz CT molecular complexity index is 737. The third-order valence-corrected chi connectivity index (χ3v) is 4.95. The normalized spacial score (nSPS) is 11.0. The average Bonchev–Trinajstić information content (AvgIpc) is 3.11. The molecule has 0 fully saturated rings. The Labute approximate surface area is 136 Å². The van der Waals surface area contributed by atoms with Crippen LogP contribution in [0.5, 0.6) is 0 Å². The summed E-state index contributed by atoms with van der Waals surface area (Å²) in [6, 6.07) is 5.99. The van der Waals surface area contributed by atoms with E-state index in [0.717, 1.165) is 33.3 Å². The third kappa shape index (κ3) is 3.45. The van der Waals surface area contributed by atoms with Crippen molar-refractivity contribution < 1.29 is 0 Å². The van der Waals surface area contributed by atoms with Gasteiger partial charge in [-0.3, -0.25) is 0 Å². The van der Waals surface area contributed by atoms with Crippen molar-refractivity contribution in [3.63, 3.8) is 0 Å². The summed E-state index contributed by atoms with van der Waals surface area (Å²) in [6.07, 6.45) is 1.04. The quantitative estimate of drug-likeness (QED) is 0.675. The molecular weight excluding hydrogens is 324 g/mol. The van der Waals surface area contributed by atoms with Gasteiger partial charge in [-0.15, -0.1) is 22.7 Å². The summed E-state index contributed by atoms with van der Waals surface area (Å²) in [4.78, 5) is 11.3. The molecule has 0 aliphatic rings. The number of aromatic nitrogens is 2. The summed E-state index contributed by atoms with van der Waals surface area (Å²) in [5.74, 6) is 1.54. The number of thiophene rings is 2. The molecule has 0 saturated heterocycles. The van der Waals surface area contributed by atoms with Crippen LogP contribution in [0.3, 0.4) is 0 Å². The van der Waals surface area contributed by atoms with Crippen LogP contribution in [0.15, 0.2) is 23.6 Å².